The molecule has 0 amide bonds. The van der Waals surface area contributed by atoms with Crippen LogP contribution >= 0.6 is 0 Å². The standard InChI is InChI=1S/C15H21N3O/c1-12-6-9-18-14(13(12)10-16)19-11-15(17)7-4-2-3-5-8-15/h6,9H,2-5,7-8,11,17H2,1H3. The fourth-order valence-corrected chi connectivity index (χ4v) is 2.57. The van der Waals surface area contributed by atoms with Crippen LogP contribution in [-0.4, -0.2) is 17.1 Å². The highest BCUT2D eigenvalue weighted by Gasteiger charge is 2.27. The van der Waals surface area contributed by atoms with Crippen LogP contribution < -0.4 is 10.5 Å². The lowest BCUT2D eigenvalue weighted by Gasteiger charge is -2.27. The average Bonchev–Trinajstić information content (AvgIpc) is 2.62. The normalized spacial score (nSPS) is 18.4. The van der Waals surface area contributed by atoms with E-state index in [1.165, 1.54) is 12.8 Å². The van der Waals surface area contributed by atoms with Crippen LogP contribution in [0.15, 0.2) is 12.3 Å². The van der Waals surface area contributed by atoms with E-state index in [4.69, 9.17) is 15.7 Å². The Morgan fingerprint density at radius 3 is 2.68 bits per heavy atom. The zero-order valence-corrected chi connectivity index (χ0v) is 11.5. The van der Waals surface area contributed by atoms with Crippen molar-refractivity contribution in [2.45, 2.75) is 51.0 Å². The summed E-state index contributed by atoms with van der Waals surface area (Å²) in [6.07, 6.45) is 8.47. The van der Waals surface area contributed by atoms with E-state index in [0.717, 1.165) is 31.2 Å². The van der Waals surface area contributed by atoms with Gasteiger partial charge >= 0.3 is 0 Å². The Bertz CT molecular complexity index is 471. The molecule has 4 nitrogen and oxygen atoms in total. The van der Waals surface area contributed by atoms with Crippen molar-refractivity contribution in [3.8, 4) is 11.9 Å². The van der Waals surface area contributed by atoms with Gasteiger partial charge in [-0.15, -0.1) is 0 Å². The molecule has 0 radical (unpaired) electrons. The van der Waals surface area contributed by atoms with Gasteiger partial charge in [0.2, 0.25) is 5.88 Å². The molecule has 0 saturated heterocycles. The predicted molar refractivity (Wildman–Crippen MR) is 73.8 cm³/mol. The van der Waals surface area contributed by atoms with Crippen molar-refractivity contribution < 1.29 is 4.74 Å². The van der Waals surface area contributed by atoms with Crippen LogP contribution in [-0.2, 0) is 0 Å². The number of aryl methyl sites for hydroxylation is 1. The summed E-state index contributed by atoms with van der Waals surface area (Å²) in [6, 6.07) is 3.96. The van der Waals surface area contributed by atoms with Crippen molar-refractivity contribution in [2.24, 2.45) is 5.73 Å². The average molecular weight is 259 g/mol. The second kappa shape index (κ2) is 6.03. The lowest BCUT2D eigenvalue weighted by molar-refractivity contribution is 0.193. The van der Waals surface area contributed by atoms with Crippen molar-refractivity contribution in [1.82, 2.24) is 4.98 Å². The van der Waals surface area contributed by atoms with Gasteiger partial charge in [-0.2, -0.15) is 5.26 Å². The number of rotatable bonds is 3. The topological polar surface area (TPSA) is 71.9 Å². The number of hydrogen-bond donors (Lipinski definition) is 1. The summed E-state index contributed by atoms with van der Waals surface area (Å²) in [5.74, 6) is 0.413. The highest BCUT2D eigenvalue weighted by molar-refractivity contribution is 5.43. The minimum atomic E-state index is -0.269. The first-order valence-electron chi connectivity index (χ1n) is 6.92. The van der Waals surface area contributed by atoms with E-state index < -0.39 is 0 Å². The summed E-state index contributed by atoms with van der Waals surface area (Å²) in [5.41, 5.74) is 7.53. The first kappa shape index (κ1) is 13.8. The fourth-order valence-electron chi connectivity index (χ4n) is 2.57. The van der Waals surface area contributed by atoms with Crippen molar-refractivity contribution >= 4 is 0 Å². The lowest BCUT2D eigenvalue weighted by Crippen LogP contribution is -2.45. The molecule has 1 aromatic heterocycles. The molecule has 1 aromatic rings. The molecule has 102 valence electrons. The summed E-state index contributed by atoms with van der Waals surface area (Å²) in [4.78, 5) is 4.15. The Morgan fingerprint density at radius 2 is 2.05 bits per heavy atom. The number of nitrogens with zero attached hydrogens (tertiary/aromatic N) is 2. The minimum Gasteiger partial charge on any atom is -0.475 e. The molecular formula is C15H21N3O. The van der Waals surface area contributed by atoms with E-state index in [-0.39, 0.29) is 5.54 Å². The Morgan fingerprint density at radius 1 is 1.37 bits per heavy atom. The zero-order valence-electron chi connectivity index (χ0n) is 11.5. The van der Waals surface area contributed by atoms with Crippen LogP contribution in [0.5, 0.6) is 5.88 Å². The van der Waals surface area contributed by atoms with Crippen LogP contribution in [0, 0.1) is 18.3 Å². The number of aromatic nitrogens is 1. The quantitative estimate of drug-likeness (QED) is 0.847. The Kier molecular flexibility index (Phi) is 4.39. The summed E-state index contributed by atoms with van der Waals surface area (Å²) >= 11 is 0. The molecule has 4 heteroatoms. The third kappa shape index (κ3) is 3.45. The van der Waals surface area contributed by atoms with Crippen molar-refractivity contribution in [2.75, 3.05) is 6.61 Å². The van der Waals surface area contributed by atoms with Gasteiger partial charge in [-0.1, -0.05) is 25.7 Å². The first-order valence-corrected chi connectivity index (χ1v) is 6.92. The van der Waals surface area contributed by atoms with E-state index in [9.17, 15) is 0 Å². The summed E-state index contributed by atoms with van der Waals surface area (Å²) in [6.45, 7) is 2.33. The molecule has 0 atom stereocenters. The van der Waals surface area contributed by atoms with Gasteiger partial charge in [0, 0.05) is 6.20 Å². The molecule has 1 fully saturated rings. The molecule has 1 aliphatic carbocycles. The molecule has 0 unspecified atom stereocenters. The van der Waals surface area contributed by atoms with Crippen LogP contribution in [0.1, 0.15) is 49.7 Å². The Hall–Kier alpha value is -1.60. The summed E-state index contributed by atoms with van der Waals surface area (Å²) in [7, 11) is 0. The van der Waals surface area contributed by atoms with E-state index in [1.54, 1.807) is 6.20 Å². The Labute approximate surface area is 114 Å². The van der Waals surface area contributed by atoms with Gasteiger partial charge in [-0.3, -0.25) is 0 Å². The third-order valence-corrected chi connectivity index (χ3v) is 3.83. The third-order valence-electron chi connectivity index (χ3n) is 3.83. The molecule has 2 N–H and O–H groups in total. The van der Waals surface area contributed by atoms with Gasteiger partial charge < -0.3 is 10.5 Å². The van der Waals surface area contributed by atoms with Gasteiger partial charge in [-0.05, 0) is 31.4 Å². The van der Waals surface area contributed by atoms with E-state index >= 15 is 0 Å². The zero-order chi connectivity index (χ0) is 13.7. The van der Waals surface area contributed by atoms with Crippen molar-refractivity contribution in [3.05, 3.63) is 23.4 Å². The molecular weight excluding hydrogens is 238 g/mol. The second-order valence-corrected chi connectivity index (χ2v) is 5.49. The SMILES string of the molecule is Cc1ccnc(OCC2(N)CCCCCC2)c1C#N. The minimum absolute atomic E-state index is 0.269. The van der Waals surface area contributed by atoms with Crippen LogP contribution in [0.2, 0.25) is 0 Å². The maximum absolute atomic E-state index is 9.14. The number of nitrogens with two attached hydrogens (primary N) is 1. The summed E-state index contributed by atoms with van der Waals surface area (Å²) < 4.78 is 5.75. The molecule has 1 aliphatic rings. The maximum atomic E-state index is 9.14. The van der Waals surface area contributed by atoms with Gasteiger partial charge in [0.15, 0.2) is 0 Å². The second-order valence-electron chi connectivity index (χ2n) is 5.49. The van der Waals surface area contributed by atoms with Gasteiger partial charge in [0.05, 0.1) is 5.54 Å². The lowest BCUT2D eigenvalue weighted by atomic mass is 9.92. The molecule has 1 saturated carbocycles. The predicted octanol–water partition coefficient (Wildman–Crippen LogP) is 2.69. The molecule has 2 rings (SSSR count). The van der Waals surface area contributed by atoms with Crippen LogP contribution in [0.3, 0.4) is 0 Å². The highest BCUT2D eigenvalue weighted by atomic mass is 16.5. The molecule has 0 bridgehead atoms. The summed E-state index contributed by atoms with van der Waals surface area (Å²) in [5, 5.41) is 9.14. The van der Waals surface area contributed by atoms with E-state index in [1.807, 2.05) is 13.0 Å². The molecule has 0 aromatic carbocycles. The van der Waals surface area contributed by atoms with Crippen LogP contribution in [0.25, 0.3) is 0 Å². The number of pyridine rings is 1. The number of nitriles is 1. The smallest absolute Gasteiger partial charge is 0.231 e. The molecule has 19 heavy (non-hydrogen) atoms. The molecule has 0 spiro atoms. The van der Waals surface area contributed by atoms with Crippen LogP contribution in [0.4, 0.5) is 0 Å². The molecule has 1 heterocycles. The monoisotopic (exact) mass is 259 g/mol. The van der Waals surface area contributed by atoms with E-state index in [2.05, 4.69) is 11.1 Å². The number of ether oxygens (including phenoxy) is 1. The van der Waals surface area contributed by atoms with Gasteiger partial charge in [0.25, 0.3) is 0 Å². The largest absolute Gasteiger partial charge is 0.475 e. The maximum Gasteiger partial charge on any atom is 0.231 e. The number of hydrogen-bond acceptors (Lipinski definition) is 4. The van der Waals surface area contributed by atoms with Crippen molar-refractivity contribution in [1.29, 1.82) is 5.26 Å². The Balaban J connectivity index is 2.06. The van der Waals surface area contributed by atoms with E-state index in [0.29, 0.717) is 18.1 Å². The fraction of sp³-hybridized carbons (Fsp3) is 0.600. The van der Waals surface area contributed by atoms with Gasteiger partial charge in [0.1, 0.15) is 18.2 Å². The first-order chi connectivity index (χ1) is 9.14. The van der Waals surface area contributed by atoms with Gasteiger partial charge in [-0.25, -0.2) is 4.98 Å². The molecule has 0 aliphatic heterocycles. The highest BCUT2D eigenvalue weighted by Crippen LogP contribution is 2.26. The van der Waals surface area contributed by atoms with Crippen molar-refractivity contribution in [3.63, 3.8) is 0 Å².